The van der Waals surface area contributed by atoms with Gasteiger partial charge >= 0.3 is 5.97 Å². The molecule has 2 rings (SSSR count). The molecule has 7 heteroatoms. The third kappa shape index (κ3) is 3.41. The van der Waals surface area contributed by atoms with Gasteiger partial charge in [-0.2, -0.15) is 0 Å². The quantitative estimate of drug-likeness (QED) is 0.856. The number of benzene rings is 1. The van der Waals surface area contributed by atoms with Crippen LogP contribution in [0, 0.1) is 6.92 Å². The highest BCUT2D eigenvalue weighted by molar-refractivity contribution is 5.93. The average molecular weight is 274 g/mol. The normalized spacial score (nSPS) is 10.2. The van der Waals surface area contributed by atoms with Crippen molar-refractivity contribution in [2.45, 2.75) is 19.9 Å². The number of hydrogen-bond acceptors (Lipinski definition) is 4. The predicted octanol–water partition coefficient (Wildman–Crippen LogP) is 1.31. The Hall–Kier alpha value is -2.70. The molecule has 1 aromatic heterocycles. The number of rotatable bonds is 5. The van der Waals surface area contributed by atoms with Crippen molar-refractivity contribution in [3.63, 3.8) is 0 Å². The van der Waals surface area contributed by atoms with Gasteiger partial charge in [0.05, 0.1) is 18.3 Å². The van der Waals surface area contributed by atoms with Crippen LogP contribution in [0.15, 0.2) is 30.6 Å². The lowest BCUT2D eigenvalue weighted by atomic mass is 10.1. The lowest BCUT2D eigenvalue weighted by molar-refractivity contribution is -0.116. The Kier molecular flexibility index (Phi) is 4.09. The molecule has 1 aromatic carbocycles. The van der Waals surface area contributed by atoms with E-state index in [9.17, 15) is 9.59 Å². The van der Waals surface area contributed by atoms with Gasteiger partial charge in [-0.05, 0) is 30.7 Å². The number of nitrogens with zero attached hydrogens (tertiary/aromatic N) is 3. The van der Waals surface area contributed by atoms with Crippen molar-refractivity contribution in [2.75, 3.05) is 5.32 Å². The molecule has 0 atom stereocenters. The van der Waals surface area contributed by atoms with Crippen LogP contribution in [-0.2, 0) is 11.3 Å². The zero-order chi connectivity index (χ0) is 14.5. The maximum Gasteiger partial charge on any atom is 0.335 e. The first-order valence-electron chi connectivity index (χ1n) is 6.04. The van der Waals surface area contributed by atoms with E-state index >= 15 is 0 Å². The lowest BCUT2D eigenvalue weighted by Crippen LogP contribution is -2.15. The Labute approximate surface area is 115 Å². The van der Waals surface area contributed by atoms with Gasteiger partial charge in [0.2, 0.25) is 5.91 Å². The van der Waals surface area contributed by atoms with Crippen LogP contribution in [0.1, 0.15) is 22.3 Å². The standard InChI is InChI=1S/C13H14N4O3/c1-9-8-10(13(19)20)2-3-11(9)15-12(18)4-6-17-7-5-14-16-17/h2-3,5,7-8H,4,6H2,1H3,(H,15,18)(H,19,20). The van der Waals surface area contributed by atoms with E-state index in [-0.39, 0.29) is 17.9 Å². The van der Waals surface area contributed by atoms with Gasteiger partial charge in [-0.3, -0.25) is 9.48 Å². The van der Waals surface area contributed by atoms with Crippen LogP contribution >= 0.6 is 0 Å². The number of nitrogens with one attached hydrogen (secondary N) is 1. The van der Waals surface area contributed by atoms with Crippen molar-refractivity contribution in [1.29, 1.82) is 0 Å². The van der Waals surface area contributed by atoms with Crippen LogP contribution in [0.25, 0.3) is 0 Å². The second-order valence-electron chi connectivity index (χ2n) is 4.30. The Bertz CT molecular complexity index is 623. The van der Waals surface area contributed by atoms with Crippen molar-refractivity contribution in [3.8, 4) is 0 Å². The number of aromatic nitrogens is 3. The van der Waals surface area contributed by atoms with Crippen molar-refractivity contribution < 1.29 is 14.7 Å². The van der Waals surface area contributed by atoms with E-state index in [2.05, 4.69) is 15.6 Å². The van der Waals surface area contributed by atoms with Crippen LogP contribution in [0.3, 0.4) is 0 Å². The number of hydrogen-bond donors (Lipinski definition) is 2. The average Bonchev–Trinajstić information content (AvgIpc) is 2.91. The molecule has 1 heterocycles. The first-order valence-corrected chi connectivity index (χ1v) is 6.04. The van der Waals surface area contributed by atoms with E-state index in [1.165, 1.54) is 12.1 Å². The van der Waals surface area contributed by atoms with Crippen molar-refractivity contribution in [2.24, 2.45) is 0 Å². The van der Waals surface area contributed by atoms with Crippen LogP contribution in [0.4, 0.5) is 5.69 Å². The molecule has 0 aliphatic heterocycles. The summed E-state index contributed by atoms with van der Waals surface area (Å²) in [6.07, 6.45) is 3.50. The van der Waals surface area contributed by atoms with E-state index in [1.807, 2.05) is 0 Å². The van der Waals surface area contributed by atoms with E-state index in [0.29, 0.717) is 17.8 Å². The lowest BCUT2D eigenvalue weighted by Gasteiger charge is -2.09. The van der Waals surface area contributed by atoms with Gasteiger partial charge < -0.3 is 10.4 Å². The minimum absolute atomic E-state index is 0.160. The summed E-state index contributed by atoms with van der Waals surface area (Å²) in [5, 5.41) is 19.0. The molecule has 0 saturated heterocycles. The number of amides is 1. The van der Waals surface area contributed by atoms with Crippen molar-refractivity contribution in [1.82, 2.24) is 15.0 Å². The molecule has 2 aromatic rings. The molecule has 2 N–H and O–H groups in total. The number of carbonyl (C=O) groups is 2. The van der Waals surface area contributed by atoms with Gasteiger partial charge in [-0.15, -0.1) is 5.10 Å². The molecule has 7 nitrogen and oxygen atoms in total. The summed E-state index contributed by atoms with van der Waals surface area (Å²) in [6, 6.07) is 4.57. The largest absolute Gasteiger partial charge is 0.478 e. The second-order valence-corrected chi connectivity index (χ2v) is 4.30. The van der Waals surface area contributed by atoms with Gasteiger partial charge in [0.1, 0.15) is 0 Å². The molecule has 0 bridgehead atoms. The summed E-state index contributed by atoms with van der Waals surface area (Å²) < 4.78 is 1.57. The third-order valence-electron chi connectivity index (χ3n) is 2.79. The number of anilines is 1. The summed E-state index contributed by atoms with van der Waals surface area (Å²) in [5.74, 6) is -1.15. The van der Waals surface area contributed by atoms with Gasteiger partial charge in [0.15, 0.2) is 0 Å². The number of aryl methyl sites for hydroxylation is 2. The van der Waals surface area contributed by atoms with Crippen molar-refractivity contribution >= 4 is 17.6 Å². The SMILES string of the molecule is Cc1cc(C(=O)O)ccc1NC(=O)CCn1ccnn1. The molecule has 0 fully saturated rings. The molecule has 0 spiro atoms. The third-order valence-corrected chi connectivity index (χ3v) is 2.79. The number of carboxylic acid groups (broad SMARTS) is 1. The van der Waals surface area contributed by atoms with E-state index < -0.39 is 5.97 Å². The molecular weight excluding hydrogens is 260 g/mol. The summed E-state index contributed by atoms with van der Waals surface area (Å²) in [4.78, 5) is 22.6. The molecular formula is C13H14N4O3. The smallest absolute Gasteiger partial charge is 0.335 e. The van der Waals surface area contributed by atoms with Crippen LogP contribution < -0.4 is 5.32 Å². The summed E-state index contributed by atoms with van der Waals surface area (Å²) >= 11 is 0. The fourth-order valence-electron chi connectivity index (χ4n) is 1.72. The highest BCUT2D eigenvalue weighted by atomic mass is 16.4. The Morgan fingerprint density at radius 3 is 2.80 bits per heavy atom. The zero-order valence-electron chi connectivity index (χ0n) is 10.9. The molecule has 0 radical (unpaired) electrons. The predicted molar refractivity (Wildman–Crippen MR) is 71.4 cm³/mol. The monoisotopic (exact) mass is 274 g/mol. The molecule has 104 valence electrons. The molecule has 0 saturated carbocycles. The van der Waals surface area contributed by atoms with Gasteiger partial charge in [0.25, 0.3) is 0 Å². The zero-order valence-corrected chi connectivity index (χ0v) is 10.9. The summed E-state index contributed by atoms with van der Waals surface area (Å²) in [5.41, 5.74) is 1.51. The summed E-state index contributed by atoms with van der Waals surface area (Å²) in [7, 11) is 0. The fourth-order valence-corrected chi connectivity index (χ4v) is 1.72. The molecule has 0 aliphatic carbocycles. The molecule has 20 heavy (non-hydrogen) atoms. The van der Waals surface area contributed by atoms with E-state index in [1.54, 1.807) is 30.1 Å². The van der Waals surface area contributed by atoms with E-state index in [0.717, 1.165) is 0 Å². The van der Waals surface area contributed by atoms with Gasteiger partial charge in [0, 0.05) is 18.3 Å². The fraction of sp³-hybridized carbons (Fsp3) is 0.231. The second kappa shape index (κ2) is 5.96. The Morgan fingerprint density at radius 1 is 1.40 bits per heavy atom. The van der Waals surface area contributed by atoms with E-state index in [4.69, 9.17) is 5.11 Å². The highest BCUT2D eigenvalue weighted by Crippen LogP contribution is 2.16. The molecule has 0 unspecified atom stereocenters. The molecule has 0 aliphatic rings. The first-order chi connectivity index (χ1) is 9.56. The maximum atomic E-state index is 11.8. The van der Waals surface area contributed by atoms with Crippen LogP contribution in [0.2, 0.25) is 0 Å². The van der Waals surface area contributed by atoms with Gasteiger partial charge in [-0.25, -0.2) is 4.79 Å². The minimum atomic E-state index is -0.989. The maximum absolute atomic E-state index is 11.8. The first kappa shape index (κ1) is 13.7. The number of carbonyl (C=O) groups excluding carboxylic acids is 1. The minimum Gasteiger partial charge on any atom is -0.478 e. The Morgan fingerprint density at radius 2 is 2.20 bits per heavy atom. The topological polar surface area (TPSA) is 97.1 Å². The molecule has 1 amide bonds. The van der Waals surface area contributed by atoms with Crippen LogP contribution in [0.5, 0.6) is 0 Å². The van der Waals surface area contributed by atoms with Crippen LogP contribution in [-0.4, -0.2) is 32.0 Å². The highest BCUT2D eigenvalue weighted by Gasteiger charge is 2.08. The number of carboxylic acids is 1. The van der Waals surface area contributed by atoms with Gasteiger partial charge in [-0.1, -0.05) is 5.21 Å². The summed E-state index contributed by atoms with van der Waals surface area (Å²) in [6.45, 7) is 2.19. The number of aromatic carboxylic acids is 1. The van der Waals surface area contributed by atoms with Crippen molar-refractivity contribution in [3.05, 3.63) is 41.7 Å². The Balaban J connectivity index is 1.95.